The van der Waals surface area contributed by atoms with Gasteiger partial charge in [0, 0.05) is 32.7 Å². The second-order valence-corrected chi connectivity index (χ2v) is 2.22. The van der Waals surface area contributed by atoms with E-state index >= 15 is 0 Å². The Morgan fingerprint density at radius 2 is 2.20 bits per heavy atom. The van der Waals surface area contributed by atoms with Crippen LogP contribution in [0.25, 0.3) is 0 Å². The van der Waals surface area contributed by atoms with Crippen molar-refractivity contribution < 1.29 is 32.7 Å². The molecule has 3 heteroatoms. The van der Waals surface area contributed by atoms with Crippen molar-refractivity contribution in [2.75, 3.05) is 0 Å². The molecule has 0 aromatic carbocycles. The molecule has 0 N–H and O–H groups in total. The van der Waals surface area contributed by atoms with Gasteiger partial charge in [-0.25, -0.2) is 12.1 Å². The summed E-state index contributed by atoms with van der Waals surface area (Å²) in [5, 5.41) is 7.60. The zero-order valence-corrected chi connectivity index (χ0v) is 9.04. The van der Waals surface area contributed by atoms with Crippen LogP contribution >= 0.6 is 0 Å². The van der Waals surface area contributed by atoms with E-state index in [1.54, 1.807) is 12.3 Å². The van der Waals surface area contributed by atoms with E-state index in [-0.39, 0.29) is 32.7 Å². The molecule has 1 aromatic rings. The average Bonchev–Trinajstić information content (AvgIpc) is 1.90. The Kier molecular flexibility index (Phi) is 5.01. The Hall–Kier alpha value is 0.184. The molecule has 0 saturated carbocycles. The molecule has 1 rings (SSSR count). The van der Waals surface area contributed by atoms with Gasteiger partial charge in [0.05, 0.1) is 0 Å². The van der Waals surface area contributed by atoms with Gasteiger partial charge in [-0.15, -0.1) is 6.20 Å². The van der Waals surface area contributed by atoms with E-state index < -0.39 is 0 Å². The predicted octanol–water partition coefficient (Wildman–Crippen LogP) is 1.40. The van der Waals surface area contributed by atoms with E-state index in [9.17, 15) is 0 Å². The van der Waals surface area contributed by atoms with Crippen molar-refractivity contribution in [3.05, 3.63) is 24.0 Å². The summed E-state index contributed by atoms with van der Waals surface area (Å²) in [7, 11) is 0. The van der Waals surface area contributed by atoms with E-state index in [0.29, 0.717) is 5.92 Å². The van der Waals surface area contributed by atoms with Crippen molar-refractivity contribution in [2.45, 2.75) is 19.8 Å². The molecule has 0 aliphatic heterocycles. The maximum atomic E-state index is 3.87. The topological polar surface area (TPSA) is 25.8 Å². The molecule has 0 unspecified atom stereocenters. The van der Waals surface area contributed by atoms with Crippen molar-refractivity contribution in [2.24, 2.45) is 0 Å². The predicted molar refractivity (Wildman–Crippen MR) is 35.0 cm³/mol. The van der Waals surface area contributed by atoms with Gasteiger partial charge in [-0.1, -0.05) is 13.8 Å². The Balaban J connectivity index is 0.000000810. The molecule has 10 heavy (non-hydrogen) atoms. The molecule has 0 aliphatic rings. The smallest absolute Gasteiger partial charge is 0 e. The molecule has 51 valence electrons. The maximum absolute atomic E-state index is 3.87. The molecule has 0 atom stereocenters. The quantitative estimate of drug-likeness (QED) is 0.654. The van der Waals surface area contributed by atoms with Crippen molar-refractivity contribution in [1.82, 2.24) is 10.2 Å². The fourth-order valence-electron chi connectivity index (χ4n) is 0.563. The Labute approximate surface area is 86.3 Å². The molecule has 0 amide bonds. The van der Waals surface area contributed by atoms with E-state index in [1.807, 2.05) is 0 Å². The minimum absolute atomic E-state index is 0. The fraction of sp³-hybridized carbons (Fsp3) is 0.429. The van der Waals surface area contributed by atoms with Crippen molar-refractivity contribution >= 4 is 0 Å². The van der Waals surface area contributed by atoms with Crippen LogP contribution in [-0.2, 0) is 32.7 Å². The van der Waals surface area contributed by atoms with Crippen molar-refractivity contribution in [3.8, 4) is 0 Å². The maximum Gasteiger partial charge on any atom is 0 e. The first kappa shape index (κ1) is 10.2. The summed E-state index contributed by atoms with van der Waals surface area (Å²) in [4.78, 5) is 0. The molecule has 0 aliphatic carbocycles. The van der Waals surface area contributed by atoms with Gasteiger partial charge in [-0.3, -0.25) is 5.10 Å². The summed E-state index contributed by atoms with van der Waals surface area (Å²) in [6, 6.07) is 4.77. The molecule has 1 heterocycles. The Morgan fingerprint density at radius 3 is 2.50 bits per heavy atom. The average molecular weight is 210 g/mol. The standard InChI is InChI=1S/C7H9N2.Y/c1-6(2)7-4-3-5-8-9-7;/h3,5-6H,1-2H3;/q-1;. The zero-order valence-electron chi connectivity index (χ0n) is 6.20. The molecule has 0 spiro atoms. The van der Waals surface area contributed by atoms with Gasteiger partial charge in [0.1, 0.15) is 0 Å². The summed E-state index contributed by atoms with van der Waals surface area (Å²) in [6.07, 6.45) is 1.63. The third-order valence-corrected chi connectivity index (χ3v) is 1.08. The number of aromatic nitrogens is 2. The monoisotopic (exact) mass is 210 g/mol. The van der Waals surface area contributed by atoms with E-state index in [2.05, 4.69) is 30.1 Å². The number of hydrogen-bond donors (Lipinski definition) is 0. The van der Waals surface area contributed by atoms with Crippen LogP contribution in [0.5, 0.6) is 0 Å². The molecule has 0 bridgehead atoms. The normalized spacial score (nSPS) is 9.10. The summed E-state index contributed by atoms with van der Waals surface area (Å²) in [6.45, 7) is 4.14. The molecule has 0 fully saturated rings. The zero-order chi connectivity index (χ0) is 6.69. The Morgan fingerprint density at radius 1 is 1.50 bits per heavy atom. The van der Waals surface area contributed by atoms with Gasteiger partial charge >= 0.3 is 0 Å². The van der Waals surface area contributed by atoms with Crippen molar-refractivity contribution in [1.29, 1.82) is 0 Å². The molecule has 0 saturated heterocycles. The van der Waals surface area contributed by atoms with Gasteiger partial charge < -0.3 is 0 Å². The first-order valence-corrected chi connectivity index (χ1v) is 3.00. The van der Waals surface area contributed by atoms with E-state index in [0.717, 1.165) is 5.69 Å². The Bertz CT molecular complexity index is 174. The van der Waals surface area contributed by atoms with Crippen LogP contribution in [0.15, 0.2) is 12.3 Å². The van der Waals surface area contributed by atoms with Crippen LogP contribution < -0.4 is 0 Å². The number of nitrogens with zero attached hydrogens (tertiary/aromatic N) is 2. The molecular weight excluding hydrogens is 201 g/mol. The first-order chi connectivity index (χ1) is 4.30. The second kappa shape index (κ2) is 4.92. The van der Waals surface area contributed by atoms with Crippen LogP contribution in [0.2, 0.25) is 0 Å². The summed E-state index contributed by atoms with van der Waals surface area (Å²) < 4.78 is 0. The van der Waals surface area contributed by atoms with Gasteiger partial charge in [0.2, 0.25) is 0 Å². The van der Waals surface area contributed by atoms with Gasteiger partial charge in [-0.05, 0) is 11.6 Å². The van der Waals surface area contributed by atoms with Gasteiger partial charge in [-0.2, -0.15) is 5.10 Å². The summed E-state index contributed by atoms with van der Waals surface area (Å²) >= 11 is 0. The van der Waals surface area contributed by atoms with Crippen LogP contribution in [0.4, 0.5) is 0 Å². The summed E-state index contributed by atoms with van der Waals surface area (Å²) in [5.74, 6) is 0.429. The SMILES string of the molecule is CC(C)c1[c-]ccnn1.[Y]. The minimum Gasteiger partial charge on any atom is -0.258 e. The third-order valence-electron chi connectivity index (χ3n) is 1.08. The van der Waals surface area contributed by atoms with Crippen molar-refractivity contribution in [3.63, 3.8) is 0 Å². The molecule has 1 radical (unpaired) electrons. The second-order valence-electron chi connectivity index (χ2n) is 2.22. The third kappa shape index (κ3) is 2.85. The van der Waals surface area contributed by atoms with Gasteiger partial charge in [0.25, 0.3) is 0 Å². The number of hydrogen-bond acceptors (Lipinski definition) is 2. The summed E-state index contributed by atoms with van der Waals surface area (Å²) in [5.41, 5.74) is 0.928. The molecule has 1 aromatic heterocycles. The number of rotatable bonds is 1. The van der Waals surface area contributed by atoms with Gasteiger partial charge in [0.15, 0.2) is 0 Å². The fourth-order valence-corrected chi connectivity index (χ4v) is 0.563. The van der Waals surface area contributed by atoms with Crippen LogP contribution in [0.3, 0.4) is 0 Å². The van der Waals surface area contributed by atoms with E-state index in [4.69, 9.17) is 0 Å². The van der Waals surface area contributed by atoms with E-state index in [1.165, 1.54) is 0 Å². The van der Waals surface area contributed by atoms with Crippen LogP contribution in [0, 0.1) is 6.07 Å². The minimum atomic E-state index is 0. The molecule has 2 nitrogen and oxygen atoms in total. The van der Waals surface area contributed by atoms with Crippen LogP contribution in [0.1, 0.15) is 25.5 Å². The molecular formula is C7H9N2Y-. The first-order valence-electron chi connectivity index (χ1n) is 3.00. The van der Waals surface area contributed by atoms with Crippen LogP contribution in [-0.4, -0.2) is 10.2 Å². The largest absolute Gasteiger partial charge is 0.258 e.